The van der Waals surface area contributed by atoms with Crippen molar-refractivity contribution in [3.05, 3.63) is 59.7 Å². The van der Waals surface area contributed by atoms with Crippen molar-refractivity contribution in [2.45, 2.75) is 32.7 Å². The third-order valence-electron chi connectivity index (χ3n) is 4.03. The largest absolute Gasteiger partial charge is 0.497 e. The predicted molar refractivity (Wildman–Crippen MR) is 106 cm³/mol. The van der Waals surface area contributed by atoms with E-state index in [9.17, 15) is 4.79 Å². The third-order valence-corrected chi connectivity index (χ3v) is 4.03. The van der Waals surface area contributed by atoms with E-state index in [0.29, 0.717) is 6.42 Å². The maximum Gasteiger partial charge on any atom is 0.224 e. The molecule has 0 heterocycles. The first-order chi connectivity index (χ1) is 11.6. The fraction of sp³-hybridized carbons (Fsp3) is 0.350. The van der Waals surface area contributed by atoms with E-state index >= 15 is 0 Å². The van der Waals surface area contributed by atoms with Crippen LogP contribution < -0.4 is 15.4 Å². The van der Waals surface area contributed by atoms with Crippen molar-refractivity contribution < 1.29 is 9.53 Å². The van der Waals surface area contributed by atoms with Crippen LogP contribution in [0.4, 0.5) is 5.69 Å². The Morgan fingerprint density at radius 3 is 2.44 bits per heavy atom. The number of ether oxygens (including phenoxy) is 1. The Hall–Kier alpha value is -2.04. The lowest BCUT2D eigenvalue weighted by Crippen LogP contribution is -2.18. The van der Waals surface area contributed by atoms with Crippen molar-refractivity contribution >= 4 is 24.0 Å². The number of amides is 1. The van der Waals surface area contributed by atoms with Gasteiger partial charge < -0.3 is 15.4 Å². The number of methoxy groups -OCH3 is 1. The molecule has 2 aromatic carbocycles. The van der Waals surface area contributed by atoms with Gasteiger partial charge in [0.1, 0.15) is 5.75 Å². The van der Waals surface area contributed by atoms with Gasteiger partial charge in [0.2, 0.25) is 5.91 Å². The molecule has 0 fully saturated rings. The topological polar surface area (TPSA) is 50.4 Å². The molecule has 5 heteroatoms. The molecule has 2 rings (SSSR count). The van der Waals surface area contributed by atoms with Gasteiger partial charge in [0.05, 0.1) is 7.11 Å². The number of carbonyl (C=O) groups is 1. The highest BCUT2D eigenvalue weighted by Crippen LogP contribution is 2.23. The van der Waals surface area contributed by atoms with E-state index in [4.69, 9.17) is 4.74 Å². The molecule has 2 aromatic rings. The van der Waals surface area contributed by atoms with Gasteiger partial charge in [-0.1, -0.05) is 44.2 Å². The number of benzene rings is 2. The van der Waals surface area contributed by atoms with Crippen molar-refractivity contribution in [1.82, 2.24) is 5.32 Å². The van der Waals surface area contributed by atoms with Crippen LogP contribution >= 0.6 is 12.4 Å². The first kappa shape index (κ1) is 21.0. The van der Waals surface area contributed by atoms with Gasteiger partial charge in [0.15, 0.2) is 0 Å². The number of hydrogen-bond donors (Lipinski definition) is 2. The molecule has 4 nitrogen and oxygen atoms in total. The Morgan fingerprint density at radius 2 is 1.80 bits per heavy atom. The maximum atomic E-state index is 12.4. The summed E-state index contributed by atoms with van der Waals surface area (Å²) >= 11 is 0. The van der Waals surface area contributed by atoms with Crippen molar-refractivity contribution in [3.8, 4) is 5.75 Å². The van der Waals surface area contributed by atoms with Gasteiger partial charge in [0, 0.05) is 18.7 Å². The van der Waals surface area contributed by atoms with E-state index in [1.807, 2.05) is 48.5 Å². The van der Waals surface area contributed by atoms with Crippen molar-refractivity contribution in [3.63, 3.8) is 0 Å². The maximum absolute atomic E-state index is 12.4. The summed E-state index contributed by atoms with van der Waals surface area (Å²) in [5.41, 5.74) is 3.11. The van der Waals surface area contributed by atoms with Crippen molar-refractivity contribution in [2.75, 3.05) is 19.0 Å². The molecule has 1 unspecified atom stereocenters. The van der Waals surface area contributed by atoms with E-state index in [2.05, 4.69) is 24.5 Å². The van der Waals surface area contributed by atoms with Crippen LogP contribution in [-0.2, 0) is 11.3 Å². The molecule has 0 saturated heterocycles. The molecule has 0 aromatic heterocycles. The Labute approximate surface area is 156 Å². The fourth-order valence-corrected chi connectivity index (χ4v) is 2.59. The Balaban J connectivity index is 0.00000312. The normalized spacial score (nSPS) is 11.3. The smallest absolute Gasteiger partial charge is 0.224 e. The first-order valence-electron chi connectivity index (χ1n) is 8.36. The molecule has 0 saturated carbocycles. The molecular weight excluding hydrogens is 336 g/mol. The molecule has 0 radical (unpaired) electrons. The second-order valence-corrected chi connectivity index (χ2v) is 5.86. The highest BCUT2D eigenvalue weighted by Gasteiger charge is 2.13. The molecular formula is C20H27ClN2O2. The van der Waals surface area contributed by atoms with Gasteiger partial charge in [-0.2, -0.15) is 0 Å². The lowest BCUT2D eigenvalue weighted by atomic mass is 9.97. The summed E-state index contributed by atoms with van der Waals surface area (Å²) < 4.78 is 5.17. The van der Waals surface area contributed by atoms with Crippen LogP contribution in [0.5, 0.6) is 5.75 Å². The van der Waals surface area contributed by atoms with Crippen molar-refractivity contribution in [1.29, 1.82) is 0 Å². The van der Waals surface area contributed by atoms with Gasteiger partial charge in [-0.25, -0.2) is 0 Å². The number of nitrogens with one attached hydrogen (secondary N) is 2. The molecule has 1 atom stereocenters. The SMILES string of the molecule is CCNCc1ccccc1NC(=O)CC(C)c1ccc(OC)cc1.Cl. The molecule has 1 amide bonds. The summed E-state index contributed by atoms with van der Waals surface area (Å²) in [5.74, 6) is 1.01. The second-order valence-electron chi connectivity index (χ2n) is 5.86. The van der Waals surface area contributed by atoms with Crippen LogP contribution in [-0.4, -0.2) is 19.6 Å². The number of halogens is 1. The number of hydrogen-bond acceptors (Lipinski definition) is 3. The number of para-hydroxylation sites is 1. The van der Waals surface area contributed by atoms with E-state index in [1.165, 1.54) is 0 Å². The average molecular weight is 363 g/mol. The molecule has 0 aliphatic carbocycles. The lowest BCUT2D eigenvalue weighted by Gasteiger charge is -2.15. The molecule has 136 valence electrons. The Bertz CT molecular complexity index is 659. The second kappa shape index (κ2) is 10.7. The summed E-state index contributed by atoms with van der Waals surface area (Å²) in [6, 6.07) is 15.8. The van der Waals surface area contributed by atoms with E-state index in [1.54, 1.807) is 7.11 Å². The average Bonchev–Trinajstić information content (AvgIpc) is 2.61. The first-order valence-corrected chi connectivity index (χ1v) is 8.36. The summed E-state index contributed by atoms with van der Waals surface area (Å²) in [5, 5.41) is 6.33. The van der Waals surface area contributed by atoms with Gasteiger partial charge in [0.25, 0.3) is 0 Å². The van der Waals surface area contributed by atoms with Crippen LogP contribution in [0.25, 0.3) is 0 Å². The van der Waals surface area contributed by atoms with Gasteiger partial charge in [-0.3, -0.25) is 4.79 Å². The summed E-state index contributed by atoms with van der Waals surface area (Å²) in [6.45, 7) is 5.78. The highest BCUT2D eigenvalue weighted by molar-refractivity contribution is 5.92. The van der Waals surface area contributed by atoms with Crippen LogP contribution in [0.2, 0.25) is 0 Å². The van der Waals surface area contributed by atoms with E-state index < -0.39 is 0 Å². The minimum Gasteiger partial charge on any atom is -0.497 e. The van der Waals surface area contributed by atoms with Crippen LogP contribution in [0.3, 0.4) is 0 Å². The molecule has 0 aliphatic heterocycles. The van der Waals surface area contributed by atoms with E-state index in [-0.39, 0.29) is 24.2 Å². The van der Waals surface area contributed by atoms with Gasteiger partial charge in [-0.05, 0) is 41.8 Å². The Morgan fingerprint density at radius 1 is 1.12 bits per heavy atom. The van der Waals surface area contributed by atoms with E-state index in [0.717, 1.165) is 35.7 Å². The minimum absolute atomic E-state index is 0. The summed E-state index contributed by atoms with van der Waals surface area (Å²) in [4.78, 5) is 12.4. The highest BCUT2D eigenvalue weighted by atomic mass is 35.5. The molecule has 0 aliphatic rings. The number of anilines is 1. The molecule has 2 N–H and O–H groups in total. The van der Waals surface area contributed by atoms with Crippen LogP contribution in [0, 0.1) is 0 Å². The van der Waals surface area contributed by atoms with Gasteiger partial charge in [-0.15, -0.1) is 12.4 Å². The Kier molecular flexibility index (Phi) is 9.03. The summed E-state index contributed by atoms with van der Waals surface area (Å²) in [6.07, 6.45) is 0.446. The van der Waals surface area contributed by atoms with Crippen molar-refractivity contribution in [2.24, 2.45) is 0 Å². The lowest BCUT2D eigenvalue weighted by molar-refractivity contribution is -0.116. The zero-order chi connectivity index (χ0) is 17.4. The van der Waals surface area contributed by atoms with Gasteiger partial charge >= 0.3 is 0 Å². The fourth-order valence-electron chi connectivity index (χ4n) is 2.59. The minimum atomic E-state index is 0. The quantitative estimate of drug-likeness (QED) is 0.733. The predicted octanol–water partition coefficient (Wildman–Crippen LogP) is 4.36. The third kappa shape index (κ3) is 6.40. The summed E-state index contributed by atoms with van der Waals surface area (Å²) in [7, 11) is 1.65. The standard InChI is InChI=1S/C20H26N2O2.ClH/c1-4-21-14-17-7-5-6-8-19(17)22-20(23)13-15(2)16-9-11-18(24-3)12-10-16;/h5-12,15,21H,4,13-14H2,1-3H3,(H,22,23);1H. The zero-order valence-corrected chi connectivity index (χ0v) is 15.9. The van der Waals surface area contributed by atoms with Crippen LogP contribution in [0.1, 0.15) is 37.3 Å². The molecule has 25 heavy (non-hydrogen) atoms. The number of carbonyl (C=O) groups excluding carboxylic acids is 1. The van der Waals surface area contributed by atoms with Crippen LogP contribution in [0.15, 0.2) is 48.5 Å². The number of rotatable bonds is 8. The zero-order valence-electron chi connectivity index (χ0n) is 15.0. The monoisotopic (exact) mass is 362 g/mol. The molecule has 0 bridgehead atoms. The molecule has 0 spiro atoms.